The zero-order valence-corrected chi connectivity index (χ0v) is 16.0. The van der Waals surface area contributed by atoms with E-state index in [1.165, 1.54) is 0 Å². The Kier molecular flexibility index (Phi) is 5.02. The standard InChI is InChI=1S/C20H19ClN4O3/c1-28-7-6-25-17-5-3-2-4-12(17)8-15(20(25)27)24-19(26)14-9-13-10-18(21)22-11-16(13)23-14/h2-5,9-11,15,23H,6-8H2,1H3,(H,24,26). The zero-order chi connectivity index (χ0) is 19.7. The van der Waals surface area contributed by atoms with Gasteiger partial charge in [-0.3, -0.25) is 9.59 Å². The number of aromatic nitrogens is 2. The summed E-state index contributed by atoms with van der Waals surface area (Å²) >= 11 is 5.90. The van der Waals surface area contributed by atoms with E-state index in [1.54, 1.807) is 30.3 Å². The van der Waals surface area contributed by atoms with Crippen molar-refractivity contribution >= 4 is 40.0 Å². The van der Waals surface area contributed by atoms with Crippen LogP contribution in [0.4, 0.5) is 5.69 Å². The van der Waals surface area contributed by atoms with E-state index in [9.17, 15) is 9.59 Å². The van der Waals surface area contributed by atoms with Crippen molar-refractivity contribution in [1.29, 1.82) is 0 Å². The predicted molar refractivity (Wildman–Crippen MR) is 107 cm³/mol. The molecule has 2 N–H and O–H groups in total. The molecule has 0 saturated heterocycles. The topological polar surface area (TPSA) is 87.3 Å². The second-order valence-electron chi connectivity index (χ2n) is 6.62. The molecule has 3 aromatic rings. The van der Waals surface area contributed by atoms with Crippen LogP contribution in [0.5, 0.6) is 0 Å². The number of nitrogens with one attached hydrogen (secondary N) is 2. The minimum atomic E-state index is -0.646. The highest BCUT2D eigenvalue weighted by Gasteiger charge is 2.33. The number of methoxy groups -OCH3 is 1. The smallest absolute Gasteiger partial charge is 0.268 e. The Bertz CT molecular complexity index is 1050. The van der Waals surface area contributed by atoms with Gasteiger partial charge in [0, 0.05) is 31.1 Å². The van der Waals surface area contributed by atoms with Crippen molar-refractivity contribution in [3.63, 3.8) is 0 Å². The van der Waals surface area contributed by atoms with Crippen molar-refractivity contribution in [3.05, 3.63) is 59.0 Å². The van der Waals surface area contributed by atoms with Crippen molar-refractivity contribution in [2.24, 2.45) is 0 Å². The Labute approximate surface area is 166 Å². The fourth-order valence-electron chi connectivity index (χ4n) is 3.45. The summed E-state index contributed by atoms with van der Waals surface area (Å²) in [5, 5.41) is 3.99. The van der Waals surface area contributed by atoms with Gasteiger partial charge in [0.1, 0.15) is 16.9 Å². The average Bonchev–Trinajstić information content (AvgIpc) is 3.11. The maximum atomic E-state index is 13.0. The van der Waals surface area contributed by atoms with Gasteiger partial charge in [0.25, 0.3) is 5.91 Å². The first-order valence-electron chi connectivity index (χ1n) is 8.90. The van der Waals surface area contributed by atoms with Gasteiger partial charge in [0.15, 0.2) is 0 Å². The number of H-pyrrole nitrogens is 1. The Morgan fingerprint density at radius 3 is 3.04 bits per heavy atom. The first-order valence-corrected chi connectivity index (χ1v) is 9.28. The van der Waals surface area contributed by atoms with Crippen LogP contribution in [0.25, 0.3) is 10.9 Å². The van der Waals surface area contributed by atoms with E-state index >= 15 is 0 Å². The van der Waals surface area contributed by atoms with Gasteiger partial charge in [-0.2, -0.15) is 0 Å². The molecule has 1 aromatic carbocycles. The molecule has 0 bridgehead atoms. The number of amides is 2. The summed E-state index contributed by atoms with van der Waals surface area (Å²) in [5.74, 6) is -0.498. The van der Waals surface area contributed by atoms with Crippen LogP contribution >= 0.6 is 11.6 Å². The Balaban J connectivity index is 1.58. The minimum absolute atomic E-state index is 0.148. The maximum Gasteiger partial charge on any atom is 0.268 e. The lowest BCUT2D eigenvalue weighted by Gasteiger charge is -2.34. The largest absolute Gasteiger partial charge is 0.383 e. The molecule has 1 unspecified atom stereocenters. The number of para-hydroxylation sites is 1. The normalized spacial score (nSPS) is 16.3. The number of ether oxygens (including phenoxy) is 1. The molecule has 0 fully saturated rings. The van der Waals surface area contributed by atoms with Gasteiger partial charge in [-0.1, -0.05) is 29.8 Å². The molecule has 2 amide bonds. The molecule has 8 heteroatoms. The summed E-state index contributed by atoms with van der Waals surface area (Å²) in [4.78, 5) is 34.4. The van der Waals surface area contributed by atoms with Gasteiger partial charge >= 0.3 is 0 Å². The van der Waals surface area contributed by atoms with Crippen LogP contribution in [-0.2, 0) is 16.0 Å². The lowest BCUT2D eigenvalue weighted by molar-refractivity contribution is -0.121. The summed E-state index contributed by atoms with van der Waals surface area (Å²) in [7, 11) is 1.59. The highest BCUT2D eigenvalue weighted by atomic mass is 35.5. The predicted octanol–water partition coefficient (Wildman–Crippen LogP) is 2.55. The third-order valence-corrected chi connectivity index (χ3v) is 5.02. The third kappa shape index (κ3) is 3.46. The first kappa shape index (κ1) is 18.5. The van der Waals surface area contributed by atoms with Gasteiger partial charge in [-0.05, 0) is 23.8 Å². The van der Waals surface area contributed by atoms with Crippen molar-refractivity contribution < 1.29 is 14.3 Å². The fraction of sp³-hybridized carbons (Fsp3) is 0.250. The van der Waals surface area contributed by atoms with E-state index in [-0.39, 0.29) is 11.8 Å². The van der Waals surface area contributed by atoms with Crippen LogP contribution in [0.15, 0.2) is 42.6 Å². The molecule has 144 valence electrons. The molecule has 2 aromatic heterocycles. The number of pyridine rings is 1. The number of aromatic amines is 1. The molecule has 0 spiro atoms. The number of carbonyl (C=O) groups excluding carboxylic acids is 2. The van der Waals surface area contributed by atoms with Gasteiger partial charge < -0.3 is 19.9 Å². The van der Waals surface area contributed by atoms with E-state index < -0.39 is 6.04 Å². The van der Waals surface area contributed by atoms with E-state index in [1.807, 2.05) is 24.3 Å². The number of hydrogen-bond acceptors (Lipinski definition) is 4. The highest BCUT2D eigenvalue weighted by Crippen LogP contribution is 2.28. The molecule has 0 aliphatic carbocycles. The molecule has 0 saturated carbocycles. The molecule has 28 heavy (non-hydrogen) atoms. The van der Waals surface area contributed by atoms with Crippen molar-refractivity contribution in [2.75, 3.05) is 25.2 Å². The van der Waals surface area contributed by atoms with Crippen molar-refractivity contribution in [3.8, 4) is 0 Å². The van der Waals surface area contributed by atoms with Crippen LogP contribution in [0.2, 0.25) is 5.15 Å². The lowest BCUT2D eigenvalue weighted by Crippen LogP contribution is -2.53. The number of hydrogen-bond donors (Lipinski definition) is 2. The molecule has 1 aliphatic heterocycles. The van der Waals surface area contributed by atoms with Gasteiger partial charge in [0.05, 0.1) is 18.3 Å². The molecule has 1 atom stereocenters. The van der Waals surface area contributed by atoms with Gasteiger partial charge in [0.2, 0.25) is 5.91 Å². The van der Waals surface area contributed by atoms with Crippen molar-refractivity contribution in [1.82, 2.24) is 15.3 Å². The number of carbonyl (C=O) groups is 2. The van der Waals surface area contributed by atoms with E-state index in [0.29, 0.717) is 35.9 Å². The average molecular weight is 399 g/mol. The molecule has 1 aliphatic rings. The monoisotopic (exact) mass is 398 g/mol. The fourth-order valence-corrected chi connectivity index (χ4v) is 3.62. The Hall–Kier alpha value is -2.90. The lowest BCUT2D eigenvalue weighted by atomic mass is 9.97. The summed E-state index contributed by atoms with van der Waals surface area (Å²) in [6, 6.07) is 10.4. The van der Waals surface area contributed by atoms with Crippen LogP contribution in [0.3, 0.4) is 0 Å². The zero-order valence-electron chi connectivity index (χ0n) is 15.2. The maximum absolute atomic E-state index is 13.0. The molecule has 7 nitrogen and oxygen atoms in total. The molecule has 0 radical (unpaired) electrons. The highest BCUT2D eigenvalue weighted by molar-refractivity contribution is 6.30. The Morgan fingerprint density at radius 2 is 2.21 bits per heavy atom. The quantitative estimate of drug-likeness (QED) is 0.646. The van der Waals surface area contributed by atoms with E-state index in [0.717, 1.165) is 16.6 Å². The number of rotatable bonds is 5. The summed E-state index contributed by atoms with van der Waals surface area (Å²) in [6.07, 6.45) is 2.01. The number of anilines is 1. The summed E-state index contributed by atoms with van der Waals surface area (Å²) in [6.45, 7) is 0.839. The molecule has 4 rings (SSSR count). The van der Waals surface area contributed by atoms with Crippen LogP contribution < -0.4 is 10.2 Å². The summed E-state index contributed by atoms with van der Waals surface area (Å²) < 4.78 is 5.13. The van der Waals surface area contributed by atoms with E-state index in [4.69, 9.17) is 16.3 Å². The number of benzene rings is 1. The second-order valence-corrected chi connectivity index (χ2v) is 7.01. The minimum Gasteiger partial charge on any atom is -0.383 e. The van der Waals surface area contributed by atoms with Gasteiger partial charge in [-0.25, -0.2) is 4.98 Å². The van der Waals surface area contributed by atoms with Crippen LogP contribution in [0, 0.1) is 0 Å². The van der Waals surface area contributed by atoms with Gasteiger partial charge in [-0.15, -0.1) is 0 Å². The van der Waals surface area contributed by atoms with Crippen LogP contribution in [-0.4, -0.2) is 48.1 Å². The molecule has 3 heterocycles. The SMILES string of the molecule is COCCN1C(=O)C(NC(=O)c2cc3cc(Cl)ncc3[nH]2)Cc2ccccc21. The number of fused-ring (bicyclic) bond motifs is 2. The van der Waals surface area contributed by atoms with Crippen LogP contribution in [0.1, 0.15) is 16.1 Å². The first-order chi connectivity index (χ1) is 13.6. The molecular formula is C20H19ClN4O3. The second kappa shape index (κ2) is 7.61. The number of halogens is 1. The van der Waals surface area contributed by atoms with E-state index in [2.05, 4.69) is 15.3 Å². The van der Waals surface area contributed by atoms with Crippen molar-refractivity contribution in [2.45, 2.75) is 12.5 Å². The third-order valence-electron chi connectivity index (χ3n) is 4.81. The number of nitrogens with zero attached hydrogens (tertiary/aromatic N) is 2. The summed E-state index contributed by atoms with van der Waals surface area (Å²) in [5.41, 5.74) is 2.93. The Morgan fingerprint density at radius 1 is 1.39 bits per heavy atom. The molecular weight excluding hydrogens is 380 g/mol.